The maximum atomic E-state index is 9.29. The Morgan fingerprint density at radius 2 is 0.913 bits per heavy atom. The summed E-state index contributed by atoms with van der Waals surface area (Å²) >= 11 is 0. The van der Waals surface area contributed by atoms with E-state index >= 15 is 0 Å². The summed E-state index contributed by atoms with van der Waals surface area (Å²) in [4.78, 5) is 8.94. The topological polar surface area (TPSA) is 45.3 Å². The van der Waals surface area contributed by atoms with Gasteiger partial charge in [-0.1, -0.05) is 96.8 Å². The molecule has 0 amide bonds. The van der Waals surface area contributed by atoms with Crippen LogP contribution in [-0.4, -0.2) is 57.2 Å². The fourth-order valence-corrected chi connectivity index (χ4v) is 2.85. The minimum absolute atomic E-state index is 0. The standard InChI is InChI=1S/C18H36O3.2Mg.4H/c1-2-3-4-5-6-7-8-9-10-11-12-13-14-15-16-17-18(19)20-21-18;;;;;;/h19H,2-17H2,1H3;;;;;;/q;2*+2;4*-1. The predicted molar refractivity (Wildman–Crippen MR) is 103 cm³/mol. The van der Waals surface area contributed by atoms with Crippen LogP contribution in [0, 0.1) is 0 Å². The molecule has 0 atom stereocenters. The summed E-state index contributed by atoms with van der Waals surface area (Å²) in [6, 6.07) is 0. The van der Waals surface area contributed by atoms with Gasteiger partial charge in [0.15, 0.2) is 0 Å². The summed E-state index contributed by atoms with van der Waals surface area (Å²) in [5.74, 6) is -1.21. The molecule has 23 heavy (non-hydrogen) atoms. The van der Waals surface area contributed by atoms with Crippen molar-refractivity contribution < 1.29 is 20.6 Å². The zero-order valence-electron chi connectivity index (χ0n) is 19.5. The van der Waals surface area contributed by atoms with Crippen molar-refractivity contribution in [2.75, 3.05) is 0 Å². The Kier molecular flexibility index (Phi) is 21.1. The fourth-order valence-electron chi connectivity index (χ4n) is 2.85. The molecular weight excluding hydrogens is 313 g/mol. The van der Waals surface area contributed by atoms with Crippen LogP contribution in [0.3, 0.4) is 0 Å². The summed E-state index contributed by atoms with van der Waals surface area (Å²) in [6.07, 6.45) is 21.0. The van der Waals surface area contributed by atoms with Gasteiger partial charge in [-0.3, -0.25) is 0 Å². The number of unbranched alkanes of at least 4 members (excludes halogenated alkanes) is 14. The molecule has 0 radical (unpaired) electrons. The molecule has 1 aliphatic rings. The SMILES string of the molecule is CCCCCCCCCCCCCCCCCC1(O)OO1.[H-].[H-].[H-].[H-].[Mg+2].[Mg+2]. The summed E-state index contributed by atoms with van der Waals surface area (Å²) in [5, 5.41) is 9.29. The normalized spacial score (nSPS) is 14.9. The molecule has 1 rings (SSSR count). The number of hydrogen-bond acceptors (Lipinski definition) is 3. The first-order valence-corrected chi connectivity index (χ1v) is 9.36. The van der Waals surface area contributed by atoms with Crippen LogP contribution in [0.4, 0.5) is 0 Å². The summed E-state index contributed by atoms with van der Waals surface area (Å²) in [5.41, 5.74) is 0. The zero-order chi connectivity index (χ0) is 15.2. The number of aliphatic hydroxyl groups is 1. The van der Waals surface area contributed by atoms with E-state index < -0.39 is 5.97 Å². The molecule has 134 valence electrons. The number of hydrogen-bond donors (Lipinski definition) is 1. The summed E-state index contributed by atoms with van der Waals surface area (Å²) in [6.45, 7) is 2.28. The molecular formula is C18H40Mg2O3. The van der Waals surface area contributed by atoms with Crippen molar-refractivity contribution in [2.24, 2.45) is 0 Å². The Morgan fingerprint density at radius 1 is 0.609 bits per heavy atom. The average molecular weight is 353 g/mol. The molecule has 0 aromatic heterocycles. The zero-order valence-corrected chi connectivity index (χ0v) is 18.3. The van der Waals surface area contributed by atoms with Crippen molar-refractivity contribution in [3.8, 4) is 0 Å². The van der Waals surface area contributed by atoms with E-state index in [1.54, 1.807) is 0 Å². The minimum Gasteiger partial charge on any atom is -1.00 e. The van der Waals surface area contributed by atoms with Crippen LogP contribution in [0.25, 0.3) is 0 Å². The molecule has 3 nitrogen and oxygen atoms in total. The molecule has 1 heterocycles. The third kappa shape index (κ3) is 18.0. The molecule has 0 aliphatic carbocycles. The van der Waals surface area contributed by atoms with Gasteiger partial charge in [0.05, 0.1) is 0 Å². The van der Waals surface area contributed by atoms with Gasteiger partial charge in [0, 0.05) is 6.42 Å². The van der Waals surface area contributed by atoms with Crippen LogP contribution in [-0.2, 0) is 9.78 Å². The first-order chi connectivity index (χ1) is 10.3. The van der Waals surface area contributed by atoms with E-state index in [0.717, 1.165) is 6.42 Å². The first kappa shape index (κ1) is 26.6. The van der Waals surface area contributed by atoms with Crippen LogP contribution in [0.15, 0.2) is 0 Å². The Bertz CT molecular complexity index is 253. The van der Waals surface area contributed by atoms with E-state index in [1.807, 2.05) is 0 Å². The minimum atomic E-state index is -1.21. The Morgan fingerprint density at radius 3 is 1.22 bits per heavy atom. The third-order valence-corrected chi connectivity index (χ3v) is 4.37. The number of rotatable bonds is 16. The largest absolute Gasteiger partial charge is 2.00 e. The molecule has 0 bridgehead atoms. The van der Waals surface area contributed by atoms with Gasteiger partial charge < -0.3 is 10.8 Å². The molecule has 0 unspecified atom stereocenters. The van der Waals surface area contributed by atoms with E-state index in [-0.39, 0.29) is 51.8 Å². The van der Waals surface area contributed by atoms with Crippen LogP contribution in [0.1, 0.15) is 115 Å². The van der Waals surface area contributed by atoms with E-state index in [2.05, 4.69) is 16.7 Å². The van der Waals surface area contributed by atoms with E-state index in [1.165, 1.54) is 89.9 Å². The van der Waals surface area contributed by atoms with Crippen LogP contribution in [0.5, 0.6) is 0 Å². The van der Waals surface area contributed by atoms with Crippen molar-refractivity contribution in [1.82, 2.24) is 0 Å². The van der Waals surface area contributed by atoms with Gasteiger partial charge >= 0.3 is 52.1 Å². The molecule has 0 aromatic rings. The molecule has 0 aromatic carbocycles. The first-order valence-electron chi connectivity index (χ1n) is 9.36. The van der Waals surface area contributed by atoms with Gasteiger partial charge in [-0.05, 0) is 6.42 Å². The van der Waals surface area contributed by atoms with Crippen molar-refractivity contribution >= 4 is 46.1 Å². The Hall–Kier alpha value is 1.41. The van der Waals surface area contributed by atoms with Gasteiger partial charge in [-0.25, -0.2) is 0 Å². The van der Waals surface area contributed by atoms with Gasteiger partial charge in [0.2, 0.25) is 0 Å². The van der Waals surface area contributed by atoms with E-state index in [0.29, 0.717) is 6.42 Å². The molecule has 1 aliphatic heterocycles. The van der Waals surface area contributed by atoms with Crippen molar-refractivity contribution in [3.63, 3.8) is 0 Å². The van der Waals surface area contributed by atoms with Crippen molar-refractivity contribution in [2.45, 2.75) is 116 Å². The second kappa shape index (κ2) is 18.2. The smallest absolute Gasteiger partial charge is 1.00 e. The maximum absolute atomic E-state index is 9.29. The Labute approximate surface area is 181 Å². The molecule has 1 fully saturated rings. The molecule has 1 N–H and O–H groups in total. The monoisotopic (exact) mass is 352 g/mol. The van der Waals surface area contributed by atoms with E-state index in [9.17, 15) is 5.11 Å². The summed E-state index contributed by atoms with van der Waals surface area (Å²) < 4.78 is 0. The maximum Gasteiger partial charge on any atom is 2.00 e. The molecule has 1 saturated heterocycles. The van der Waals surface area contributed by atoms with Crippen LogP contribution < -0.4 is 0 Å². The van der Waals surface area contributed by atoms with Gasteiger partial charge in [0.25, 0.3) is 0 Å². The quantitative estimate of drug-likeness (QED) is 0.171. The van der Waals surface area contributed by atoms with E-state index in [4.69, 9.17) is 0 Å². The molecule has 0 spiro atoms. The van der Waals surface area contributed by atoms with Gasteiger partial charge in [-0.2, -0.15) is 9.78 Å². The van der Waals surface area contributed by atoms with Gasteiger partial charge in [0.1, 0.15) is 0 Å². The van der Waals surface area contributed by atoms with Crippen LogP contribution in [0.2, 0.25) is 0 Å². The second-order valence-corrected chi connectivity index (χ2v) is 6.58. The van der Waals surface area contributed by atoms with Crippen molar-refractivity contribution in [1.29, 1.82) is 0 Å². The summed E-state index contributed by atoms with van der Waals surface area (Å²) in [7, 11) is 0. The van der Waals surface area contributed by atoms with Crippen molar-refractivity contribution in [3.05, 3.63) is 0 Å². The average Bonchev–Trinajstić information content (AvgIpc) is 3.21. The fraction of sp³-hybridized carbons (Fsp3) is 1.00. The Balaban J connectivity index is -0.000000184. The third-order valence-electron chi connectivity index (χ3n) is 4.37. The second-order valence-electron chi connectivity index (χ2n) is 6.58. The van der Waals surface area contributed by atoms with Gasteiger partial charge in [-0.15, -0.1) is 0 Å². The molecule has 0 saturated carbocycles. The van der Waals surface area contributed by atoms with Crippen LogP contribution >= 0.6 is 0 Å². The predicted octanol–water partition coefficient (Wildman–Crippen LogP) is 5.54. The molecule has 5 heteroatoms.